The Balaban J connectivity index is 1.40. The molecule has 37 heavy (non-hydrogen) atoms. The maximum absolute atomic E-state index is 12.4. The lowest BCUT2D eigenvalue weighted by Crippen LogP contribution is -2.24. The number of rotatable bonds is 14. The molecular formula is C30H34N2O5. The molecule has 0 aliphatic rings. The van der Waals surface area contributed by atoms with E-state index in [-0.39, 0.29) is 12.5 Å². The van der Waals surface area contributed by atoms with Crippen molar-refractivity contribution in [3.63, 3.8) is 0 Å². The van der Waals surface area contributed by atoms with Gasteiger partial charge < -0.3 is 14.2 Å². The number of ether oxygens (including phenoxy) is 3. The van der Waals surface area contributed by atoms with Gasteiger partial charge >= 0.3 is 5.97 Å². The molecule has 7 nitrogen and oxygen atoms in total. The van der Waals surface area contributed by atoms with E-state index in [4.69, 9.17) is 14.2 Å². The van der Waals surface area contributed by atoms with Crippen LogP contribution >= 0.6 is 0 Å². The van der Waals surface area contributed by atoms with Gasteiger partial charge in [-0.15, -0.1) is 0 Å². The molecule has 0 unspecified atom stereocenters. The fourth-order valence-electron chi connectivity index (χ4n) is 3.30. The molecule has 1 amide bonds. The van der Waals surface area contributed by atoms with Crippen molar-refractivity contribution in [1.82, 2.24) is 5.43 Å². The van der Waals surface area contributed by atoms with Gasteiger partial charge in [0, 0.05) is 0 Å². The highest BCUT2D eigenvalue weighted by Crippen LogP contribution is 2.17. The van der Waals surface area contributed by atoms with E-state index in [1.807, 2.05) is 24.3 Å². The number of esters is 1. The molecule has 0 aromatic heterocycles. The van der Waals surface area contributed by atoms with Crippen molar-refractivity contribution in [2.75, 3.05) is 13.2 Å². The van der Waals surface area contributed by atoms with Crippen molar-refractivity contribution in [3.05, 3.63) is 89.5 Å². The molecule has 0 aliphatic heterocycles. The fourth-order valence-corrected chi connectivity index (χ4v) is 3.30. The van der Waals surface area contributed by atoms with E-state index >= 15 is 0 Å². The summed E-state index contributed by atoms with van der Waals surface area (Å²) in [4.78, 5) is 24.4. The maximum Gasteiger partial charge on any atom is 0.343 e. The molecule has 0 spiro atoms. The summed E-state index contributed by atoms with van der Waals surface area (Å²) in [7, 11) is 0. The van der Waals surface area contributed by atoms with Gasteiger partial charge in [-0.25, -0.2) is 10.2 Å². The number of nitrogens with zero attached hydrogens (tertiary/aromatic N) is 1. The van der Waals surface area contributed by atoms with Gasteiger partial charge in [0.05, 0.1) is 18.4 Å². The maximum atomic E-state index is 12.4. The minimum atomic E-state index is -0.454. The Kier molecular flexibility index (Phi) is 11.2. The normalized spacial score (nSPS) is 10.8. The minimum Gasteiger partial charge on any atom is -0.494 e. The first-order valence-corrected chi connectivity index (χ1v) is 12.7. The predicted octanol–water partition coefficient (Wildman–Crippen LogP) is 5.96. The number of amides is 1. The topological polar surface area (TPSA) is 86.2 Å². The number of hydrogen-bond acceptors (Lipinski definition) is 6. The predicted molar refractivity (Wildman–Crippen MR) is 145 cm³/mol. The number of hydrazone groups is 1. The first-order chi connectivity index (χ1) is 18.1. The van der Waals surface area contributed by atoms with Gasteiger partial charge in [0.25, 0.3) is 5.91 Å². The van der Waals surface area contributed by atoms with Crippen LogP contribution < -0.4 is 19.6 Å². The van der Waals surface area contributed by atoms with Crippen molar-refractivity contribution >= 4 is 18.1 Å². The fraction of sp³-hybridized carbons (Fsp3) is 0.300. The van der Waals surface area contributed by atoms with Gasteiger partial charge in [-0.3, -0.25) is 4.79 Å². The quantitative estimate of drug-likeness (QED) is 0.0967. The monoisotopic (exact) mass is 502 g/mol. The summed E-state index contributed by atoms with van der Waals surface area (Å²) in [5.74, 6) is 0.955. The highest BCUT2D eigenvalue weighted by Gasteiger charge is 2.09. The van der Waals surface area contributed by atoms with Crippen LogP contribution in [0, 0.1) is 0 Å². The molecule has 3 rings (SSSR count). The molecule has 0 radical (unpaired) electrons. The van der Waals surface area contributed by atoms with Crippen molar-refractivity contribution in [2.45, 2.75) is 46.0 Å². The zero-order valence-electron chi connectivity index (χ0n) is 21.4. The van der Waals surface area contributed by atoms with Gasteiger partial charge in [0.2, 0.25) is 0 Å². The molecule has 0 heterocycles. The number of nitrogens with one attached hydrogen (secondary N) is 1. The van der Waals surface area contributed by atoms with Crippen LogP contribution in [-0.2, 0) is 11.2 Å². The van der Waals surface area contributed by atoms with Gasteiger partial charge in [0.1, 0.15) is 17.2 Å². The van der Waals surface area contributed by atoms with Crippen molar-refractivity contribution in [2.24, 2.45) is 5.10 Å². The summed E-state index contributed by atoms with van der Waals surface area (Å²) in [5, 5.41) is 3.95. The molecule has 3 aromatic rings. The van der Waals surface area contributed by atoms with Gasteiger partial charge in [-0.2, -0.15) is 5.10 Å². The Morgan fingerprint density at radius 2 is 1.41 bits per heavy atom. The molecule has 0 saturated carbocycles. The average Bonchev–Trinajstić information content (AvgIpc) is 2.93. The smallest absolute Gasteiger partial charge is 0.343 e. The standard InChI is InChI=1S/C30H34N2O5/c1-3-5-7-23-8-14-27(15-9-23)36-22-29(33)32-31-21-24-10-16-28(17-11-24)37-30(34)25-12-18-26(19-13-25)35-20-6-4-2/h8-19,21H,3-7,20,22H2,1-2H3,(H,32,33)/b31-21+. The Bertz CT molecular complexity index is 1140. The lowest BCUT2D eigenvalue weighted by Gasteiger charge is -2.07. The molecule has 1 N–H and O–H groups in total. The average molecular weight is 503 g/mol. The lowest BCUT2D eigenvalue weighted by molar-refractivity contribution is -0.123. The number of hydrogen-bond donors (Lipinski definition) is 1. The second-order valence-corrected chi connectivity index (χ2v) is 8.51. The Morgan fingerprint density at radius 3 is 2.08 bits per heavy atom. The molecule has 7 heteroatoms. The van der Waals surface area contributed by atoms with Crippen LogP contribution in [0.15, 0.2) is 77.9 Å². The Hall–Kier alpha value is -4.13. The SMILES string of the molecule is CCCCOc1ccc(C(=O)Oc2ccc(/C=N/NC(=O)COc3ccc(CCCC)cc3)cc2)cc1. The summed E-state index contributed by atoms with van der Waals surface area (Å²) in [6.07, 6.45) is 6.90. The molecule has 0 bridgehead atoms. The van der Waals surface area contributed by atoms with Crippen LogP contribution in [0.25, 0.3) is 0 Å². The van der Waals surface area contributed by atoms with Crippen molar-refractivity contribution in [1.29, 1.82) is 0 Å². The highest BCUT2D eigenvalue weighted by atomic mass is 16.5. The second-order valence-electron chi connectivity index (χ2n) is 8.51. The van der Waals surface area contributed by atoms with E-state index < -0.39 is 5.97 Å². The highest BCUT2D eigenvalue weighted by molar-refractivity contribution is 5.91. The summed E-state index contributed by atoms with van der Waals surface area (Å²) < 4.78 is 16.5. The van der Waals surface area contributed by atoms with Crippen molar-refractivity contribution < 1.29 is 23.8 Å². The van der Waals surface area contributed by atoms with Gasteiger partial charge in [0.15, 0.2) is 6.61 Å². The van der Waals surface area contributed by atoms with Crippen LogP contribution in [0.2, 0.25) is 0 Å². The third kappa shape index (κ3) is 9.80. The first kappa shape index (κ1) is 27.5. The second kappa shape index (κ2) is 15.1. The van der Waals surface area contributed by atoms with E-state index in [2.05, 4.69) is 24.4 Å². The zero-order valence-corrected chi connectivity index (χ0v) is 21.4. The minimum absolute atomic E-state index is 0.133. The molecule has 0 atom stereocenters. The van der Waals surface area contributed by atoms with E-state index in [9.17, 15) is 9.59 Å². The number of benzene rings is 3. The van der Waals surface area contributed by atoms with E-state index in [0.29, 0.717) is 23.7 Å². The summed E-state index contributed by atoms with van der Waals surface area (Å²) in [6, 6.07) is 21.4. The molecule has 0 aliphatic carbocycles. The van der Waals surface area contributed by atoms with E-state index in [1.54, 1.807) is 48.5 Å². The van der Waals surface area contributed by atoms with Crippen molar-refractivity contribution in [3.8, 4) is 17.2 Å². The number of aryl methyl sites for hydroxylation is 1. The summed E-state index contributed by atoms with van der Waals surface area (Å²) in [6.45, 7) is 4.79. The number of unbranched alkanes of at least 4 members (excludes halogenated alkanes) is 2. The van der Waals surface area contributed by atoms with Crippen LogP contribution in [0.5, 0.6) is 17.2 Å². The number of carbonyl (C=O) groups excluding carboxylic acids is 2. The third-order valence-electron chi connectivity index (χ3n) is 5.46. The third-order valence-corrected chi connectivity index (χ3v) is 5.46. The molecular weight excluding hydrogens is 468 g/mol. The lowest BCUT2D eigenvalue weighted by atomic mass is 10.1. The number of carbonyl (C=O) groups is 2. The first-order valence-electron chi connectivity index (χ1n) is 12.7. The zero-order chi connectivity index (χ0) is 26.3. The van der Waals surface area contributed by atoms with Crippen LogP contribution in [0.3, 0.4) is 0 Å². The Morgan fingerprint density at radius 1 is 0.784 bits per heavy atom. The van der Waals surface area contributed by atoms with E-state index in [1.165, 1.54) is 11.8 Å². The summed E-state index contributed by atoms with van der Waals surface area (Å²) >= 11 is 0. The largest absolute Gasteiger partial charge is 0.494 e. The van der Waals surface area contributed by atoms with Crippen LogP contribution in [0.4, 0.5) is 0 Å². The van der Waals surface area contributed by atoms with Gasteiger partial charge in [-0.1, -0.05) is 38.8 Å². The molecule has 194 valence electrons. The Labute approximate surface area is 218 Å². The van der Waals surface area contributed by atoms with E-state index in [0.717, 1.165) is 43.4 Å². The molecule has 0 saturated heterocycles. The summed E-state index contributed by atoms with van der Waals surface area (Å²) in [5.41, 5.74) is 4.86. The van der Waals surface area contributed by atoms with Crippen LogP contribution in [-0.4, -0.2) is 31.3 Å². The van der Waals surface area contributed by atoms with Gasteiger partial charge in [-0.05, 0) is 91.1 Å². The molecule has 0 fully saturated rings. The van der Waals surface area contributed by atoms with Crippen LogP contribution in [0.1, 0.15) is 61.0 Å². The molecule has 3 aromatic carbocycles.